The van der Waals surface area contributed by atoms with E-state index in [1.807, 2.05) is 48.5 Å². The molecule has 6 nitrogen and oxygen atoms in total. The first-order chi connectivity index (χ1) is 14.2. The number of benzene rings is 3. The molecule has 0 saturated carbocycles. The molecule has 0 saturated heterocycles. The molecule has 5 rings (SSSR count). The number of hydrogen-bond donors (Lipinski definition) is 1. The largest absolute Gasteiger partial charge is 0.495 e. The predicted octanol–water partition coefficient (Wildman–Crippen LogP) is 4.98. The van der Waals surface area contributed by atoms with Crippen molar-refractivity contribution in [2.24, 2.45) is 0 Å². The smallest absolute Gasteiger partial charge is 0.248 e. The number of carbonyl (C=O) groups is 1. The standard InChI is InChI=1S/C23H17NO5/c1-26-21-11-16-15-4-2-3-5-18(15)29-20(16)12-17(21)24-23(25)9-7-14-6-8-19-22(10-14)28-13-27-19/h2-12H,13H2,1H3,(H,24,25)/b9-7-. The number of methoxy groups -OCH3 is 1. The van der Waals surface area contributed by atoms with E-state index in [2.05, 4.69) is 5.32 Å². The van der Waals surface area contributed by atoms with Crippen molar-refractivity contribution in [1.29, 1.82) is 0 Å². The SMILES string of the molecule is COc1cc2c(cc1NC(=O)/C=C\c1ccc3c(c1)OCO3)oc1ccccc12. The summed E-state index contributed by atoms with van der Waals surface area (Å²) >= 11 is 0. The number of carbonyl (C=O) groups excluding carboxylic acids is 1. The van der Waals surface area contributed by atoms with Gasteiger partial charge in [0.2, 0.25) is 12.7 Å². The Hall–Kier alpha value is -3.93. The molecule has 1 N–H and O–H groups in total. The molecule has 0 spiro atoms. The van der Waals surface area contributed by atoms with E-state index in [1.54, 1.807) is 19.3 Å². The van der Waals surface area contributed by atoms with Gasteiger partial charge in [-0.15, -0.1) is 0 Å². The number of amides is 1. The Balaban J connectivity index is 1.41. The highest BCUT2D eigenvalue weighted by molar-refractivity contribution is 6.09. The average Bonchev–Trinajstić information content (AvgIpc) is 3.35. The molecular formula is C23H17NO5. The first-order valence-electron chi connectivity index (χ1n) is 9.09. The molecule has 3 aromatic carbocycles. The van der Waals surface area contributed by atoms with Gasteiger partial charge in [0.05, 0.1) is 12.8 Å². The van der Waals surface area contributed by atoms with Gasteiger partial charge in [-0.2, -0.15) is 0 Å². The number of nitrogens with one attached hydrogen (secondary N) is 1. The van der Waals surface area contributed by atoms with Crippen LogP contribution in [-0.2, 0) is 4.79 Å². The average molecular weight is 387 g/mol. The zero-order valence-electron chi connectivity index (χ0n) is 15.6. The molecule has 0 radical (unpaired) electrons. The summed E-state index contributed by atoms with van der Waals surface area (Å²) in [5.41, 5.74) is 2.85. The van der Waals surface area contributed by atoms with E-state index in [1.165, 1.54) is 6.08 Å². The molecule has 4 aromatic rings. The Morgan fingerprint density at radius 3 is 2.76 bits per heavy atom. The normalized spacial score (nSPS) is 12.7. The Kier molecular flexibility index (Phi) is 4.09. The second-order valence-electron chi connectivity index (χ2n) is 6.58. The van der Waals surface area contributed by atoms with Crippen LogP contribution in [0.3, 0.4) is 0 Å². The molecule has 0 fully saturated rings. The molecule has 1 aromatic heterocycles. The van der Waals surface area contributed by atoms with E-state index in [9.17, 15) is 4.79 Å². The molecule has 0 aliphatic carbocycles. The fourth-order valence-electron chi connectivity index (χ4n) is 3.38. The van der Waals surface area contributed by atoms with Crippen LogP contribution in [0.5, 0.6) is 17.2 Å². The summed E-state index contributed by atoms with van der Waals surface area (Å²) in [6.45, 7) is 0.215. The van der Waals surface area contributed by atoms with Gasteiger partial charge < -0.3 is 23.9 Å². The topological polar surface area (TPSA) is 69.9 Å². The lowest BCUT2D eigenvalue weighted by Gasteiger charge is -2.09. The highest BCUT2D eigenvalue weighted by atomic mass is 16.7. The Labute approximate surface area is 166 Å². The molecule has 1 amide bonds. The van der Waals surface area contributed by atoms with Crippen LogP contribution in [0.25, 0.3) is 28.0 Å². The summed E-state index contributed by atoms with van der Waals surface area (Å²) in [5, 5.41) is 4.79. The van der Waals surface area contributed by atoms with Crippen LogP contribution < -0.4 is 19.5 Å². The summed E-state index contributed by atoms with van der Waals surface area (Å²) in [7, 11) is 1.57. The van der Waals surface area contributed by atoms with E-state index < -0.39 is 0 Å². The van der Waals surface area contributed by atoms with Gasteiger partial charge in [-0.25, -0.2) is 0 Å². The highest BCUT2D eigenvalue weighted by Crippen LogP contribution is 2.36. The van der Waals surface area contributed by atoms with Gasteiger partial charge in [0.25, 0.3) is 0 Å². The zero-order chi connectivity index (χ0) is 19.8. The first kappa shape index (κ1) is 17.2. The van der Waals surface area contributed by atoms with E-state index in [-0.39, 0.29) is 12.7 Å². The van der Waals surface area contributed by atoms with Gasteiger partial charge in [0, 0.05) is 22.9 Å². The van der Waals surface area contributed by atoms with Crippen molar-refractivity contribution >= 4 is 39.6 Å². The van der Waals surface area contributed by atoms with Crippen molar-refractivity contribution in [1.82, 2.24) is 0 Å². The maximum absolute atomic E-state index is 12.5. The fourth-order valence-corrected chi connectivity index (χ4v) is 3.38. The third-order valence-corrected chi connectivity index (χ3v) is 4.78. The third kappa shape index (κ3) is 3.14. The molecule has 29 heavy (non-hydrogen) atoms. The second-order valence-corrected chi connectivity index (χ2v) is 6.58. The second kappa shape index (κ2) is 6.91. The van der Waals surface area contributed by atoms with Crippen molar-refractivity contribution in [2.75, 3.05) is 19.2 Å². The van der Waals surface area contributed by atoms with Gasteiger partial charge in [0.15, 0.2) is 11.5 Å². The molecule has 6 heteroatoms. The van der Waals surface area contributed by atoms with E-state index >= 15 is 0 Å². The van der Waals surface area contributed by atoms with Gasteiger partial charge in [-0.3, -0.25) is 4.79 Å². The van der Waals surface area contributed by atoms with Crippen LogP contribution in [0.1, 0.15) is 5.56 Å². The van der Waals surface area contributed by atoms with Crippen LogP contribution in [0.4, 0.5) is 5.69 Å². The lowest BCUT2D eigenvalue weighted by Crippen LogP contribution is -2.08. The van der Waals surface area contributed by atoms with Crippen LogP contribution in [0.15, 0.2) is 65.1 Å². The monoisotopic (exact) mass is 387 g/mol. The molecule has 1 aliphatic rings. The lowest BCUT2D eigenvalue weighted by molar-refractivity contribution is -0.111. The molecule has 0 unspecified atom stereocenters. The van der Waals surface area contributed by atoms with Gasteiger partial charge >= 0.3 is 0 Å². The zero-order valence-corrected chi connectivity index (χ0v) is 15.6. The minimum absolute atomic E-state index is 0.215. The van der Waals surface area contributed by atoms with E-state index in [0.717, 1.165) is 21.9 Å². The molecule has 2 heterocycles. The van der Waals surface area contributed by atoms with Gasteiger partial charge in [-0.1, -0.05) is 24.3 Å². The molecule has 144 valence electrons. The van der Waals surface area contributed by atoms with Crippen molar-refractivity contribution in [2.45, 2.75) is 0 Å². The minimum Gasteiger partial charge on any atom is -0.495 e. The Morgan fingerprint density at radius 1 is 1.00 bits per heavy atom. The minimum atomic E-state index is -0.281. The number of ether oxygens (including phenoxy) is 3. The van der Waals surface area contributed by atoms with Crippen molar-refractivity contribution in [3.05, 3.63) is 66.2 Å². The Morgan fingerprint density at radius 2 is 1.86 bits per heavy atom. The molecule has 0 bridgehead atoms. The van der Waals surface area contributed by atoms with Gasteiger partial charge in [0.1, 0.15) is 16.9 Å². The predicted molar refractivity (Wildman–Crippen MR) is 111 cm³/mol. The van der Waals surface area contributed by atoms with Crippen molar-refractivity contribution in [3.63, 3.8) is 0 Å². The van der Waals surface area contributed by atoms with Crippen LogP contribution >= 0.6 is 0 Å². The van der Waals surface area contributed by atoms with Crippen molar-refractivity contribution in [3.8, 4) is 17.2 Å². The Bertz CT molecular complexity index is 1270. The number of furan rings is 1. The van der Waals surface area contributed by atoms with Crippen LogP contribution in [0.2, 0.25) is 0 Å². The van der Waals surface area contributed by atoms with Crippen molar-refractivity contribution < 1.29 is 23.4 Å². The summed E-state index contributed by atoms with van der Waals surface area (Å²) in [5.74, 6) is 1.66. The number of para-hydroxylation sites is 1. The number of anilines is 1. The summed E-state index contributed by atoms with van der Waals surface area (Å²) < 4.78 is 22.0. The maximum Gasteiger partial charge on any atom is 0.248 e. The maximum atomic E-state index is 12.5. The lowest BCUT2D eigenvalue weighted by atomic mass is 10.1. The number of rotatable bonds is 4. The fraction of sp³-hybridized carbons (Fsp3) is 0.0870. The van der Waals surface area contributed by atoms with E-state index in [4.69, 9.17) is 18.6 Å². The summed E-state index contributed by atoms with van der Waals surface area (Å²) in [4.78, 5) is 12.5. The van der Waals surface area contributed by atoms with Crippen LogP contribution in [0, 0.1) is 0 Å². The summed E-state index contributed by atoms with van der Waals surface area (Å²) in [6, 6.07) is 16.9. The molecular weight excluding hydrogens is 370 g/mol. The molecule has 1 aliphatic heterocycles. The summed E-state index contributed by atoms with van der Waals surface area (Å²) in [6.07, 6.45) is 3.17. The van der Waals surface area contributed by atoms with E-state index in [0.29, 0.717) is 28.5 Å². The third-order valence-electron chi connectivity index (χ3n) is 4.78. The number of fused-ring (bicyclic) bond motifs is 4. The number of hydrogen-bond acceptors (Lipinski definition) is 5. The quantitative estimate of drug-likeness (QED) is 0.501. The van der Waals surface area contributed by atoms with Gasteiger partial charge in [-0.05, 0) is 35.9 Å². The van der Waals surface area contributed by atoms with Crippen LogP contribution in [-0.4, -0.2) is 19.8 Å². The highest BCUT2D eigenvalue weighted by Gasteiger charge is 2.14. The first-order valence-corrected chi connectivity index (χ1v) is 9.09. The molecule has 0 atom stereocenters.